The highest BCUT2D eigenvalue weighted by molar-refractivity contribution is 6.27. The van der Waals surface area contributed by atoms with Gasteiger partial charge in [0, 0.05) is 17.2 Å². The highest BCUT2D eigenvalue weighted by atomic mass is 16.2. The Morgan fingerprint density at radius 2 is 1.96 bits per heavy atom. The summed E-state index contributed by atoms with van der Waals surface area (Å²) in [5.74, 6) is -0.446. The lowest BCUT2D eigenvalue weighted by Crippen LogP contribution is -2.41. The summed E-state index contributed by atoms with van der Waals surface area (Å²) in [6.45, 7) is 4.97. The van der Waals surface area contributed by atoms with Crippen LogP contribution in [0.2, 0.25) is 0 Å². The van der Waals surface area contributed by atoms with Gasteiger partial charge in [0.05, 0.1) is 11.7 Å². The van der Waals surface area contributed by atoms with Gasteiger partial charge in [-0.05, 0) is 38.4 Å². The first-order chi connectivity index (χ1) is 12.9. The smallest absolute Gasteiger partial charge is 0.264 e. The molecule has 1 fully saturated rings. The summed E-state index contributed by atoms with van der Waals surface area (Å²) >= 11 is 0. The average Bonchev–Trinajstić information content (AvgIpc) is 3.35. The molecule has 6 nitrogen and oxygen atoms in total. The highest BCUT2D eigenvalue weighted by Gasteiger charge is 2.34. The van der Waals surface area contributed by atoms with Gasteiger partial charge in [0.1, 0.15) is 0 Å². The zero-order valence-electron chi connectivity index (χ0n) is 15.8. The third kappa shape index (κ3) is 4.22. The zero-order chi connectivity index (χ0) is 19.4. The van der Waals surface area contributed by atoms with Crippen LogP contribution in [0.25, 0.3) is 11.3 Å². The van der Waals surface area contributed by atoms with Gasteiger partial charge < -0.3 is 0 Å². The molecule has 1 saturated heterocycles. The molecular formula is C21H25N3O3. The van der Waals surface area contributed by atoms with Crippen LogP contribution in [0.4, 0.5) is 0 Å². The topological polar surface area (TPSA) is 72.3 Å². The molecule has 1 aromatic heterocycles. The van der Waals surface area contributed by atoms with Crippen LogP contribution in [0.15, 0.2) is 42.6 Å². The standard InChI is InChI=1S/C21H25N3O3/c1-21(2,19(26)15-25)11-14-23-12-6-9-18(23)20(27)24-13-10-17(22-24)16-7-4-3-5-8-16/h3-5,7-8,10,13,15,18H,6,9,11-12,14H2,1-2H3. The molecule has 142 valence electrons. The molecule has 1 unspecified atom stereocenters. The average molecular weight is 367 g/mol. The number of nitrogens with zero attached hydrogens (tertiary/aromatic N) is 3. The van der Waals surface area contributed by atoms with Gasteiger partial charge in [-0.15, -0.1) is 0 Å². The van der Waals surface area contributed by atoms with Crippen molar-refractivity contribution >= 4 is 18.0 Å². The molecule has 1 aliphatic heterocycles. The predicted octanol–water partition coefficient (Wildman–Crippen LogP) is 2.84. The summed E-state index contributed by atoms with van der Waals surface area (Å²) < 4.78 is 1.42. The summed E-state index contributed by atoms with van der Waals surface area (Å²) in [6.07, 6.45) is 4.36. The van der Waals surface area contributed by atoms with Gasteiger partial charge in [-0.1, -0.05) is 44.2 Å². The predicted molar refractivity (Wildman–Crippen MR) is 102 cm³/mol. The van der Waals surface area contributed by atoms with Crippen molar-refractivity contribution in [3.8, 4) is 11.3 Å². The molecule has 0 N–H and O–H groups in total. The minimum absolute atomic E-state index is 0.0470. The molecule has 27 heavy (non-hydrogen) atoms. The molecule has 2 heterocycles. The second kappa shape index (κ2) is 7.96. The largest absolute Gasteiger partial charge is 0.295 e. The maximum absolute atomic E-state index is 13.0. The second-order valence-corrected chi connectivity index (χ2v) is 7.66. The molecule has 1 aromatic carbocycles. The van der Waals surface area contributed by atoms with Crippen LogP contribution in [-0.2, 0) is 9.59 Å². The number of hydrogen-bond donors (Lipinski definition) is 0. The van der Waals surface area contributed by atoms with Gasteiger partial charge in [0.25, 0.3) is 5.91 Å². The van der Waals surface area contributed by atoms with E-state index >= 15 is 0 Å². The van der Waals surface area contributed by atoms with Crippen molar-refractivity contribution in [3.63, 3.8) is 0 Å². The Bertz CT molecular complexity index is 826. The van der Waals surface area contributed by atoms with E-state index < -0.39 is 11.2 Å². The lowest BCUT2D eigenvalue weighted by Gasteiger charge is -2.27. The van der Waals surface area contributed by atoms with Crippen molar-refractivity contribution in [3.05, 3.63) is 42.6 Å². The number of likely N-dealkylation sites (tertiary alicyclic amines) is 1. The van der Waals surface area contributed by atoms with E-state index in [0.717, 1.165) is 30.6 Å². The first-order valence-corrected chi connectivity index (χ1v) is 9.31. The quantitative estimate of drug-likeness (QED) is 0.556. The molecule has 0 spiro atoms. The molecule has 0 amide bonds. The van der Waals surface area contributed by atoms with E-state index in [1.807, 2.05) is 36.4 Å². The first kappa shape index (κ1) is 19.2. The number of ketones is 1. The van der Waals surface area contributed by atoms with Crippen LogP contribution in [0.1, 0.15) is 37.9 Å². The van der Waals surface area contributed by atoms with Crippen LogP contribution in [-0.4, -0.2) is 51.8 Å². The number of aromatic nitrogens is 2. The Hall–Kier alpha value is -2.60. The van der Waals surface area contributed by atoms with Crippen LogP contribution >= 0.6 is 0 Å². The first-order valence-electron chi connectivity index (χ1n) is 9.31. The fourth-order valence-electron chi connectivity index (χ4n) is 3.44. The summed E-state index contributed by atoms with van der Waals surface area (Å²) in [5, 5.41) is 4.45. The van der Waals surface area contributed by atoms with Crippen molar-refractivity contribution in [2.45, 2.75) is 39.2 Å². The maximum Gasteiger partial charge on any atom is 0.264 e. The van der Waals surface area contributed by atoms with Gasteiger partial charge in [0.2, 0.25) is 5.78 Å². The van der Waals surface area contributed by atoms with E-state index in [4.69, 9.17) is 0 Å². The monoisotopic (exact) mass is 367 g/mol. The van der Waals surface area contributed by atoms with Crippen molar-refractivity contribution in [2.75, 3.05) is 13.1 Å². The fraction of sp³-hybridized carbons (Fsp3) is 0.429. The van der Waals surface area contributed by atoms with E-state index in [9.17, 15) is 14.4 Å². The Morgan fingerprint density at radius 1 is 1.22 bits per heavy atom. The number of rotatable bonds is 7. The van der Waals surface area contributed by atoms with Crippen molar-refractivity contribution in [2.24, 2.45) is 5.41 Å². The van der Waals surface area contributed by atoms with E-state index in [2.05, 4.69) is 10.00 Å². The number of benzene rings is 1. The van der Waals surface area contributed by atoms with Crippen LogP contribution in [0, 0.1) is 5.41 Å². The lowest BCUT2D eigenvalue weighted by molar-refractivity contribution is -0.136. The van der Waals surface area contributed by atoms with Gasteiger partial charge in [-0.2, -0.15) is 5.10 Å². The lowest BCUT2D eigenvalue weighted by atomic mass is 9.85. The molecular weight excluding hydrogens is 342 g/mol. The minimum Gasteiger partial charge on any atom is -0.295 e. The maximum atomic E-state index is 13.0. The normalized spacial score (nSPS) is 17.8. The minimum atomic E-state index is -0.704. The Kier molecular flexibility index (Phi) is 5.65. The van der Waals surface area contributed by atoms with E-state index in [-0.39, 0.29) is 11.9 Å². The summed E-state index contributed by atoms with van der Waals surface area (Å²) in [7, 11) is 0. The van der Waals surface area contributed by atoms with Crippen LogP contribution in [0.5, 0.6) is 0 Å². The van der Waals surface area contributed by atoms with Crippen LogP contribution < -0.4 is 0 Å². The molecule has 0 saturated carbocycles. The van der Waals surface area contributed by atoms with Gasteiger partial charge in [-0.3, -0.25) is 19.3 Å². The number of carbonyl (C=O) groups excluding carboxylic acids is 3. The van der Waals surface area contributed by atoms with Crippen molar-refractivity contribution in [1.82, 2.24) is 14.7 Å². The molecule has 3 rings (SSSR count). The highest BCUT2D eigenvalue weighted by Crippen LogP contribution is 2.26. The van der Waals surface area contributed by atoms with Gasteiger partial charge in [0.15, 0.2) is 6.29 Å². The molecule has 0 radical (unpaired) electrons. The Morgan fingerprint density at radius 3 is 2.67 bits per heavy atom. The third-order valence-electron chi connectivity index (χ3n) is 5.33. The second-order valence-electron chi connectivity index (χ2n) is 7.66. The number of hydrogen-bond acceptors (Lipinski definition) is 5. The zero-order valence-corrected chi connectivity index (χ0v) is 15.8. The van der Waals surface area contributed by atoms with E-state index in [1.54, 1.807) is 20.0 Å². The summed E-state index contributed by atoms with van der Waals surface area (Å²) in [5.41, 5.74) is 1.04. The van der Waals surface area contributed by atoms with Gasteiger partial charge >= 0.3 is 0 Å². The SMILES string of the molecule is CC(C)(CCN1CCCC1C(=O)n1ccc(-c2ccccc2)n1)C(=O)C=O. The summed E-state index contributed by atoms with van der Waals surface area (Å²) in [6, 6.07) is 11.4. The number of aldehydes is 1. The van der Waals surface area contributed by atoms with Gasteiger partial charge in [-0.25, -0.2) is 4.68 Å². The summed E-state index contributed by atoms with van der Waals surface area (Å²) in [4.78, 5) is 37.6. The van der Waals surface area contributed by atoms with Crippen LogP contribution in [0.3, 0.4) is 0 Å². The molecule has 0 bridgehead atoms. The Labute approximate surface area is 159 Å². The van der Waals surface area contributed by atoms with Crippen molar-refractivity contribution in [1.29, 1.82) is 0 Å². The molecule has 1 aliphatic rings. The van der Waals surface area contributed by atoms with E-state index in [0.29, 0.717) is 19.3 Å². The molecule has 1 atom stereocenters. The molecule has 2 aromatic rings. The third-order valence-corrected chi connectivity index (χ3v) is 5.33. The number of carbonyl (C=O) groups is 3. The Balaban J connectivity index is 1.68. The number of Topliss-reactive ketones (excluding diaryl/α,β-unsaturated/α-hetero) is 1. The fourth-order valence-corrected chi connectivity index (χ4v) is 3.44. The molecule has 6 heteroatoms. The van der Waals surface area contributed by atoms with Crippen molar-refractivity contribution < 1.29 is 14.4 Å². The molecule has 0 aliphatic carbocycles. The van der Waals surface area contributed by atoms with E-state index in [1.165, 1.54) is 4.68 Å².